The number of hydrogen-bond donors (Lipinski definition) is 1. The van der Waals surface area contributed by atoms with Crippen molar-refractivity contribution < 1.29 is 19.2 Å². The average molecular weight is 262 g/mol. The van der Waals surface area contributed by atoms with Gasteiger partial charge in [-0.25, -0.2) is 4.79 Å². The summed E-state index contributed by atoms with van der Waals surface area (Å²) in [6.07, 6.45) is 0.756. The van der Waals surface area contributed by atoms with Crippen molar-refractivity contribution in [2.24, 2.45) is 0 Å². The molecule has 4 nitrogen and oxygen atoms in total. The Morgan fingerprint density at radius 1 is 1.47 bits per heavy atom. The Hall–Kier alpha value is -1.33. The van der Waals surface area contributed by atoms with Gasteiger partial charge in [0.25, 0.3) is 0 Å². The summed E-state index contributed by atoms with van der Waals surface area (Å²) in [5.41, 5.74) is 2.63. The highest BCUT2D eigenvalue weighted by Gasteiger charge is 2.41. The van der Waals surface area contributed by atoms with E-state index < -0.39 is 13.1 Å². The lowest BCUT2D eigenvalue weighted by atomic mass is 9.71. The maximum absolute atomic E-state index is 11.4. The molecular weight excluding hydrogens is 243 g/mol. The zero-order chi connectivity index (χ0) is 14.2. The Kier molecular flexibility index (Phi) is 3.70. The second-order valence-electron chi connectivity index (χ2n) is 5.50. The van der Waals surface area contributed by atoms with Crippen LogP contribution in [0.3, 0.4) is 0 Å². The molecule has 0 spiro atoms. The van der Waals surface area contributed by atoms with Gasteiger partial charge in [0.1, 0.15) is 0 Å². The lowest BCUT2D eigenvalue weighted by molar-refractivity contribution is 0.0697. The molecule has 0 unspecified atom stereocenters. The van der Waals surface area contributed by atoms with Crippen molar-refractivity contribution in [2.75, 3.05) is 6.61 Å². The van der Waals surface area contributed by atoms with Crippen LogP contribution >= 0.6 is 0 Å². The highest BCUT2D eigenvalue weighted by atomic mass is 16.7. The SMILES string of the molecule is CCc1c(C)ccc(C(=O)O)c1B1OCC(C)(C)O1. The monoisotopic (exact) mass is 262 g/mol. The van der Waals surface area contributed by atoms with E-state index in [0.29, 0.717) is 12.1 Å². The molecule has 0 amide bonds. The molecule has 19 heavy (non-hydrogen) atoms. The van der Waals surface area contributed by atoms with Crippen molar-refractivity contribution in [2.45, 2.75) is 39.7 Å². The zero-order valence-electron chi connectivity index (χ0n) is 11.8. The Bertz CT molecular complexity index is 510. The smallest absolute Gasteiger partial charge is 0.478 e. The molecular formula is C14H19BO4. The van der Waals surface area contributed by atoms with Gasteiger partial charge in [0.2, 0.25) is 0 Å². The molecule has 0 aromatic heterocycles. The third-order valence-corrected chi connectivity index (χ3v) is 3.42. The minimum atomic E-state index is -0.943. The van der Waals surface area contributed by atoms with Gasteiger partial charge in [0, 0.05) is 5.46 Å². The summed E-state index contributed by atoms with van der Waals surface area (Å²) in [6, 6.07) is 3.47. The van der Waals surface area contributed by atoms with Crippen LogP contribution in [0.1, 0.15) is 42.3 Å². The van der Waals surface area contributed by atoms with E-state index >= 15 is 0 Å². The molecule has 1 aliphatic rings. The van der Waals surface area contributed by atoms with Gasteiger partial charge in [-0.15, -0.1) is 0 Å². The highest BCUT2D eigenvalue weighted by molar-refractivity contribution is 6.64. The van der Waals surface area contributed by atoms with Crippen LogP contribution in [0.5, 0.6) is 0 Å². The molecule has 1 N–H and O–H groups in total. The summed E-state index contributed by atoms with van der Waals surface area (Å²) in [5.74, 6) is -0.943. The number of rotatable bonds is 3. The highest BCUT2D eigenvalue weighted by Crippen LogP contribution is 2.22. The van der Waals surface area contributed by atoms with E-state index in [1.165, 1.54) is 0 Å². The van der Waals surface area contributed by atoms with Gasteiger partial charge in [-0.05, 0) is 44.4 Å². The molecule has 102 valence electrons. The molecule has 1 heterocycles. The van der Waals surface area contributed by atoms with Crippen molar-refractivity contribution >= 4 is 18.6 Å². The van der Waals surface area contributed by atoms with E-state index in [1.807, 2.05) is 33.8 Å². The molecule has 5 heteroatoms. The molecule has 0 bridgehead atoms. The van der Waals surface area contributed by atoms with E-state index in [1.54, 1.807) is 6.07 Å². The van der Waals surface area contributed by atoms with Crippen LogP contribution in [0.15, 0.2) is 12.1 Å². The molecule has 1 aromatic carbocycles. The fourth-order valence-electron chi connectivity index (χ4n) is 2.48. The lowest BCUT2D eigenvalue weighted by Gasteiger charge is -2.19. The van der Waals surface area contributed by atoms with E-state index in [9.17, 15) is 9.90 Å². The van der Waals surface area contributed by atoms with Gasteiger partial charge in [0.15, 0.2) is 0 Å². The Balaban J connectivity index is 2.53. The summed E-state index contributed by atoms with van der Waals surface area (Å²) in [6.45, 7) is 8.34. The predicted molar refractivity (Wildman–Crippen MR) is 74.0 cm³/mol. The standard InChI is InChI=1S/C14H19BO4/c1-5-10-9(2)6-7-11(13(16)17)12(10)15-18-8-14(3,4)19-15/h6-7H,5,8H2,1-4H3,(H,16,17). The first-order valence-corrected chi connectivity index (χ1v) is 6.51. The van der Waals surface area contributed by atoms with Gasteiger partial charge in [0.05, 0.1) is 17.8 Å². The average Bonchev–Trinajstić information content (AvgIpc) is 2.68. The first kappa shape index (κ1) is 14.1. The minimum absolute atomic E-state index is 0.269. The quantitative estimate of drug-likeness (QED) is 0.843. The topological polar surface area (TPSA) is 55.8 Å². The third-order valence-electron chi connectivity index (χ3n) is 3.42. The second-order valence-corrected chi connectivity index (χ2v) is 5.50. The Morgan fingerprint density at radius 2 is 2.16 bits per heavy atom. The molecule has 1 aromatic rings. The summed E-state index contributed by atoms with van der Waals surface area (Å²) in [5, 5.41) is 9.36. The number of aryl methyl sites for hydroxylation is 1. The Morgan fingerprint density at radius 3 is 2.63 bits per heavy atom. The molecule has 1 fully saturated rings. The Labute approximate surface area is 113 Å². The van der Waals surface area contributed by atoms with Crippen LogP contribution in [0, 0.1) is 6.92 Å². The number of benzene rings is 1. The first-order valence-electron chi connectivity index (χ1n) is 6.51. The van der Waals surface area contributed by atoms with Gasteiger partial charge in [-0.1, -0.05) is 13.0 Å². The maximum atomic E-state index is 11.4. The van der Waals surface area contributed by atoms with E-state index in [2.05, 4.69) is 0 Å². The van der Waals surface area contributed by atoms with Crippen LogP contribution in [0.4, 0.5) is 0 Å². The zero-order valence-corrected chi connectivity index (χ0v) is 11.8. The van der Waals surface area contributed by atoms with Crippen LogP contribution < -0.4 is 5.46 Å². The number of hydrogen-bond acceptors (Lipinski definition) is 3. The van der Waals surface area contributed by atoms with Crippen LogP contribution in [0.25, 0.3) is 0 Å². The molecule has 0 radical (unpaired) electrons. The fraction of sp³-hybridized carbons (Fsp3) is 0.500. The normalized spacial score (nSPS) is 17.8. The van der Waals surface area contributed by atoms with Crippen LogP contribution in [-0.2, 0) is 15.7 Å². The number of carboxylic acids is 1. The molecule has 0 aliphatic carbocycles. The fourth-order valence-corrected chi connectivity index (χ4v) is 2.48. The number of carbonyl (C=O) groups is 1. The third kappa shape index (κ3) is 2.67. The lowest BCUT2D eigenvalue weighted by Crippen LogP contribution is -2.40. The summed E-state index contributed by atoms with van der Waals surface area (Å²) in [7, 11) is -0.587. The van der Waals surface area contributed by atoms with E-state index in [-0.39, 0.29) is 11.2 Å². The van der Waals surface area contributed by atoms with Gasteiger partial charge < -0.3 is 14.4 Å². The van der Waals surface area contributed by atoms with Crippen LogP contribution in [-0.4, -0.2) is 30.4 Å². The predicted octanol–water partition coefficient (Wildman–Crippen LogP) is 1.78. The molecule has 1 aliphatic heterocycles. The summed E-state index contributed by atoms with van der Waals surface area (Å²) in [4.78, 5) is 11.4. The first-order chi connectivity index (χ1) is 8.85. The largest absolute Gasteiger partial charge is 0.495 e. The second kappa shape index (κ2) is 4.98. The summed E-state index contributed by atoms with van der Waals surface area (Å²) >= 11 is 0. The minimum Gasteiger partial charge on any atom is -0.478 e. The molecule has 1 saturated heterocycles. The van der Waals surface area contributed by atoms with E-state index in [4.69, 9.17) is 9.31 Å². The van der Waals surface area contributed by atoms with Crippen molar-refractivity contribution in [1.82, 2.24) is 0 Å². The van der Waals surface area contributed by atoms with Crippen molar-refractivity contribution in [3.8, 4) is 0 Å². The van der Waals surface area contributed by atoms with Crippen molar-refractivity contribution in [1.29, 1.82) is 0 Å². The van der Waals surface area contributed by atoms with Crippen molar-refractivity contribution in [3.05, 3.63) is 28.8 Å². The molecule has 0 atom stereocenters. The molecule has 2 rings (SSSR count). The van der Waals surface area contributed by atoms with Gasteiger partial charge >= 0.3 is 13.1 Å². The number of aromatic carboxylic acids is 1. The van der Waals surface area contributed by atoms with E-state index in [0.717, 1.165) is 17.5 Å². The van der Waals surface area contributed by atoms with Crippen molar-refractivity contribution in [3.63, 3.8) is 0 Å². The molecule has 0 saturated carbocycles. The van der Waals surface area contributed by atoms with Crippen LogP contribution in [0.2, 0.25) is 0 Å². The van der Waals surface area contributed by atoms with Gasteiger partial charge in [-0.2, -0.15) is 0 Å². The van der Waals surface area contributed by atoms with Gasteiger partial charge in [-0.3, -0.25) is 0 Å². The summed E-state index contributed by atoms with van der Waals surface area (Å²) < 4.78 is 11.5. The maximum Gasteiger partial charge on any atom is 0.495 e. The number of carboxylic acid groups (broad SMARTS) is 1.